The summed E-state index contributed by atoms with van der Waals surface area (Å²) in [6.07, 6.45) is 0. The standard InChI is InChI=1S/C14H13Cl.C12H10/c1-10-3-5-12(6-4-10)13-7-11(2)8-14(15)9-13;1-3-7-11(8-4-1)12-9-5-2-6-10-12/h3-9H,1-2H3;1-10H. The Hall–Kier alpha value is -2.83. The summed E-state index contributed by atoms with van der Waals surface area (Å²) >= 11 is 6.03. The minimum absolute atomic E-state index is 0.797. The molecule has 0 fully saturated rings. The van der Waals surface area contributed by atoms with E-state index in [-0.39, 0.29) is 0 Å². The van der Waals surface area contributed by atoms with Gasteiger partial charge in [-0.15, -0.1) is 0 Å². The Morgan fingerprint density at radius 2 is 0.926 bits per heavy atom. The molecule has 27 heavy (non-hydrogen) atoms. The van der Waals surface area contributed by atoms with Gasteiger partial charge in [0.05, 0.1) is 0 Å². The van der Waals surface area contributed by atoms with Crippen LogP contribution in [-0.2, 0) is 0 Å². The highest BCUT2D eigenvalue weighted by molar-refractivity contribution is 6.30. The summed E-state index contributed by atoms with van der Waals surface area (Å²) in [7, 11) is 0. The Morgan fingerprint density at radius 3 is 1.41 bits per heavy atom. The van der Waals surface area contributed by atoms with Gasteiger partial charge in [0.25, 0.3) is 0 Å². The Morgan fingerprint density at radius 1 is 0.444 bits per heavy atom. The molecule has 0 unspecified atom stereocenters. The van der Waals surface area contributed by atoms with E-state index in [0.29, 0.717) is 0 Å². The third kappa shape index (κ3) is 5.57. The maximum Gasteiger partial charge on any atom is 0.0414 e. The van der Waals surface area contributed by atoms with E-state index in [0.717, 1.165) is 5.02 Å². The summed E-state index contributed by atoms with van der Waals surface area (Å²) in [5.41, 5.74) is 7.41. The summed E-state index contributed by atoms with van der Waals surface area (Å²) in [5, 5.41) is 0.797. The maximum atomic E-state index is 6.03. The van der Waals surface area contributed by atoms with Crippen LogP contribution >= 0.6 is 11.6 Å². The van der Waals surface area contributed by atoms with E-state index in [2.05, 4.69) is 92.7 Å². The predicted molar refractivity (Wildman–Crippen MR) is 118 cm³/mol. The molecule has 0 aliphatic heterocycles. The first-order valence-corrected chi connectivity index (χ1v) is 9.44. The van der Waals surface area contributed by atoms with Crippen LogP contribution in [0.15, 0.2) is 103 Å². The molecule has 0 nitrogen and oxygen atoms in total. The van der Waals surface area contributed by atoms with Gasteiger partial charge in [0.1, 0.15) is 0 Å². The molecule has 0 N–H and O–H groups in total. The van der Waals surface area contributed by atoms with Crippen molar-refractivity contribution in [2.24, 2.45) is 0 Å². The lowest BCUT2D eigenvalue weighted by Crippen LogP contribution is -1.81. The first-order valence-electron chi connectivity index (χ1n) is 9.06. The minimum atomic E-state index is 0.797. The molecule has 0 spiro atoms. The molecule has 0 amide bonds. The highest BCUT2D eigenvalue weighted by atomic mass is 35.5. The van der Waals surface area contributed by atoms with Crippen LogP contribution in [0.2, 0.25) is 5.02 Å². The second-order valence-electron chi connectivity index (χ2n) is 6.62. The van der Waals surface area contributed by atoms with Crippen LogP contribution in [0, 0.1) is 13.8 Å². The number of hydrogen-bond acceptors (Lipinski definition) is 0. The highest BCUT2D eigenvalue weighted by Gasteiger charge is 1.99. The van der Waals surface area contributed by atoms with Crippen molar-refractivity contribution in [2.75, 3.05) is 0 Å². The van der Waals surface area contributed by atoms with Gasteiger partial charge in [0.15, 0.2) is 0 Å². The van der Waals surface area contributed by atoms with Crippen LogP contribution in [0.3, 0.4) is 0 Å². The van der Waals surface area contributed by atoms with Gasteiger partial charge in [-0.05, 0) is 53.8 Å². The molecule has 1 heteroatoms. The third-order valence-electron chi connectivity index (χ3n) is 4.31. The van der Waals surface area contributed by atoms with E-state index >= 15 is 0 Å². The van der Waals surface area contributed by atoms with Crippen molar-refractivity contribution in [1.82, 2.24) is 0 Å². The molecule has 0 aromatic heterocycles. The van der Waals surface area contributed by atoms with Crippen LogP contribution < -0.4 is 0 Å². The van der Waals surface area contributed by atoms with Crippen molar-refractivity contribution in [3.63, 3.8) is 0 Å². The first-order chi connectivity index (χ1) is 13.1. The molecule has 4 aromatic rings. The SMILES string of the molecule is Cc1ccc(-c2cc(C)cc(Cl)c2)cc1.c1ccc(-c2ccccc2)cc1. The fraction of sp³-hybridized carbons (Fsp3) is 0.0769. The molecule has 0 bridgehead atoms. The average Bonchev–Trinajstić information content (AvgIpc) is 2.70. The van der Waals surface area contributed by atoms with Gasteiger partial charge >= 0.3 is 0 Å². The lowest BCUT2D eigenvalue weighted by molar-refractivity contribution is 1.44. The summed E-state index contributed by atoms with van der Waals surface area (Å²) < 4.78 is 0. The van der Waals surface area contributed by atoms with Gasteiger partial charge in [-0.1, -0.05) is 108 Å². The van der Waals surface area contributed by atoms with Crippen LogP contribution in [0.4, 0.5) is 0 Å². The van der Waals surface area contributed by atoms with Crippen LogP contribution in [0.1, 0.15) is 11.1 Å². The molecule has 0 aliphatic rings. The Labute approximate surface area is 167 Å². The fourth-order valence-corrected chi connectivity index (χ4v) is 3.20. The Balaban J connectivity index is 0.000000159. The summed E-state index contributed by atoms with van der Waals surface area (Å²) in [6.45, 7) is 4.15. The zero-order valence-electron chi connectivity index (χ0n) is 15.7. The fourth-order valence-electron chi connectivity index (χ4n) is 2.91. The summed E-state index contributed by atoms with van der Waals surface area (Å²) in [5.74, 6) is 0. The van der Waals surface area contributed by atoms with Gasteiger partial charge in [-0.2, -0.15) is 0 Å². The molecule has 4 aromatic carbocycles. The lowest BCUT2D eigenvalue weighted by Gasteiger charge is -2.04. The maximum absolute atomic E-state index is 6.03. The van der Waals surface area contributed by atoms with Crippen molar-refractivity contribution in [1.29, 1.82) is 0 Å². The lowest BCUT2D eigenvalue weighted by atomic mass is 10.0. The first kappa shape index (κ1) is 18.9. The summed E-state index contributed by atoms with van der Waals surface area (Å²) in [6, 6.07) is 35.4. The number of rotatable bonds is 2. The van der Waals surface area contributed by atoms with Crippen molar-refractivity contribution in [3.05, 3.63) is 119 Å². The molecule has 4 rings (SSSR count). The predicted octanol–water partition coefficient (Wildman–Crippen LogP) is 7.98. The van der Waals surface area contributed by atoms with Gasteiger partial charge in [-0.25, -0.2) is 0 Å². The van der Waals surface area contributed by atoms with Crippen LogP contribution in [-0.4, -0.2) is 0 Å². The van der Waals surface area contributed by atoms with Crippen LogP contribution in [0.25, 0.3) is 22.3 Å². The monoisotopic (exact) mass is 370 g/mol. The van der Waals surface area contributed by atoms with Crippen molar-refractivity contribution in [2.45, 2.75) is 13.8 Å². The molecule has 0 radical (unpaired) electrons. The number of hydrogen-bond donors (Lipinski definition) is 0. The molecule has 0 atom stereocenters. The zero-order valence-corrected chi connectivity index (χ0v) is 16.4. The number of benzene rings is 4. The molecule has 0 saturated heterocycles. The zero-order chi connectivity index (χ0) is 19.1. The molecule has 0 saturated carbocycles. The molecular formula is C26H23Cl. The van der Waals surface area contributed by atoms with Gasteiger partial charge in [-0.3, -0.25) is 0 Å². The summed E-state index contributed by atoms with van der Waals surface area (Å²) in [4.78, 5) is 0. The number of halogens is 1. The second kappa shape index (κ2) is 9.21. The Kier molecular flexibility index (Phi) is 6.46. The topological polar surface area (TPSA) is 0 Å². The van der Waals surface area contributed by atoms with Gasteiger partial charge in [0.2, 0.25) is 0 Å². The molecule has 0 aliphatic carbocycles. The Bertz CT molecular complexity index is 914. The van der Waals surface area contributed by atoms with Crippen molar-refractivity contribution < 1.29 is 0 Å². The molecule has 134 valence electrons. The quantitative estimate of drug-likeness (QED) is 0.335. The normalized spacial score (nSPS) is 10.0. The third-order valence-corrected chi connectivity index (χ3v) is 4.53. The second-order valence-corrected chi connectivity index (χ2v) is 7.05. The molecule has 0 heterocycles. The van der Waals surface area contributed by atoms with E-state index < -0.39 is 0 Å². The van der Waals surface area contributed by atoms with Gasteiger partial charge in [0, 0.05) is 5.02 Å². The van der Waals surface area contributed by atoms with Gasteiger partial charge < -0.3 is 0 Å². The molecular weight excluding hydrogens is 348 g/mol. The minimum Gasteiger partial charge on any atom is -0.0843 e. The highest BCUT2D eigenvalue weighted by Crippen LogP contribution is 2.24. The van der Waals surface area contributed by atoms with E-state index in [1.807, 2.05) is 24.3 Å². The smallest absolute Gasteiger partial charge is 0.0414 e. The number of aryl methyl sites for hydroxylation is 2. The van der Waals surface area contributed by atoms with Crippen molar-refractivity contribution in [3.8, 4) is 22.3 Å². The van der Waals surface area contributed by atoms with Crippen molar-refractivity contribution >= 4 is 11.6 Å². The largest absolute Gasteiger partial charge is 0.0843 e. The van der Waals surface area contributed by atoms with Crippen LogP contribution in [0.5, 0.6) is 0 Å². The van der Waals surface area contributed by atoms with E-state index in [1.54, 1.807) is 0 Å². The van der Waals surface area contributed by atoms with E-state index in [4.69, 9.17) is 11.6 Å². The van der Waals surface area contributed by atoms with E-state index in [1.165, 1.54) is 33.4 Å². The average molecular weight is 371 g/mol. The van der Waals surface area contributed by atoms with E-state index in [9.17, 15) is 0 Å².